The second-order valence-electron chi connectivity index (χ2n) is 10.4. The summed E-state index contributed by atoms with van der Waals surface area (Å²) in [6, 6.07) is 7.30. The van der Waals surface area contributed by atoms with Gasteiger partial charge in [0.25, 0.3) is 5.09 Å². The molecule has 4 aliphatic rings. The van der Waals surface area contributed by atoms with Crippen molar-refractivity contribution < 1.29 is 47.9 Å². The average molecular weight is 606 g/mol. The standard InChI is InChI=1S/C27H28ClN3O11/c1-14-22(19-11-36-23(18(19)10-29-14)15-2-4-16(28)5-3-15)41-27(33)40-21-13-38-24-20(12-37-25(21)24)39-26(32)30-8-6-17(7-9-30)42-31(34)35/h2-5,10,17,20-21,23-25H,6-9,11-13H2,1H3/t20?,21-,23?,24?,25-/m1/s1. The minimum atomic E-state index is -0.943. The molecular formula is C27H28ClN3O11. The van der Waals surface area contributed by atoms with E-state index in [0.717, 1.165) is 11.1 Å². The number of amides is 1. The van der Waals surface area contributed by atoms with Crippen molar-refractivity contribution in [3.05, 3.63) is 68.0 Å². The molecule has 3 unspecified atom stereocenters. The van der Waals surface area contributed by atoms with Crippen LogP contribution in [-0.4, -0.2) is 84.0 Å². The van der Waals surface area contributed by atoms with Crippen LogP contribution in [0.2, 0.25) is 5.02 Å². The summed E-state index contributed by atoms with van der Waals surface area (Å²) in [6.07, 6.45) is -2.83. The highest BCUT2D eigenvalue weighted by Crippen LogP contribution is 2.41. The van der Waals surface area contributed by atoms with Crippen molar-refractivity contribution >= 4 is 23.8 Å². The molecule has 3 saturated heterocycles. The number of nitrogens with zero attached hydrogens (tertiary/aromatic N) is 3. The first-order valence-corrected chi connectivity index (χ1v) is 13.9. The summed E-state index contributed by atoms with van der Waals surface area (Å²) in [4.78, 5) is 46.5. The molecule has 5 heterocycles. The van der Waals surface area contributed by atoms with Gasteiger partial charge >= 0.3 is 12.2 Å². The number of ether oxygens (including phenoxy) is 6. The zero-order chi connectivity index (χ0) is 29.4. The highest BCUT2D eigenvalue weighted by atomic mass is 35.5. The molecule has 14 nitrogen and oxygen atoms in total. The zero-order valence-corrected chi connectivity index (χ0v) is 23.3. The van der Waals surface area contributed by atoms with Crippen LogP contribution in [0.25, 0.3) is 0 Å². The summed E-state index contributed by atoms with van der Waals surface area (Å²) < 4.78 is 34.4. The van der Waals surface area contributed by atoms with Gasteiger partial charge < -0.3 is 38.2 Å². The van der Waals surface area contributed by atoms with Crippen LogP contribution in [0.3, 0.4) is 0 Å². The molecule has 0 saturated carbocycles. The van der Waals surface area contributed by atoms with Gasteiger partial charge in [0.1, 0.15) is 24.4 Å². The second kappa shape index (κ2) is 11.9. The van der Waals surface area contributed by atoms with E-state index in [1.165, 1.54) is 4.90 Å². The first-order chi connectivity index (χ1) is 20.3. The van der Waals surface area contributed by atoms with Crippen LogP contribution in [0, 0.1) is 17.0 Å². The maximum atomic E-state index is 12.9. The number of carbonyl (C=O) groups excluding carboxylic acids is 2. The predicted molar refractivity (Wildman–Crippen MR) is 140 cm³/mol. The molecule has 15 heteroatoms. The van der Waals surface area contributed by atoms with Gasteiger partial charge in [-0.3, -0.25) is 4.98 Å². The Hall–Kier alpha value is -3.72. The van der Waals surface area contributed by atoms with Crippen molar-refractivity contribution in [1.29, 1.82) is 0 Å². The summed E-state index contributed by atoms with van der Waals surface area (Å²) in [7, 11) is 0. The van der Waals surface area contributed by atoms with Gasteiger partial charge in [-0.2, -0.15) is 0 Å². The number of fused-ring (bicyclic) bond motifs is 2. The zero-order valence-electron chi connectivity index (χ0n) is 22.5. The number of rotatable bonds is 6. The summed E-state index contributed by atoms with van der Waals surface area (Å²) in [6.45, 7) is 2.58. The number of piperidine rings is 1. The fourth-order valence-electron chi connectivity index (χ4n) is 5.66. The minimum Gasteiger partial charge on any atom is -0.441 e. The van der Waals surface area contributed by atoms with E-state index in [2.05, 4.69) is 9.82 Å². The van der Waals surface area contributed by atoms with Gasteiger partial charge in [0.2, 0.25) is 0 Å². The fraction of sp³-hybridized carbons (Fsp3) is 0.519. The molecule has 0 aliphatic carbocycles. The molecular weight excluding hydrogens is 578 g/mol. The molecule has 0 spiro atoms. The Kier molecular flexibility index (Phi) is 8.03. The normalized spacial score (nSPS) is 26.8. The van der Waals surface area contributed by atoms with Crippen molar-refractivity contribution in [2.45, 2.75) is 63.0 Å². The lowest BCUT2D eigenvalue weighted by Crippen LogP contribution is -2.44. The lowest BCUT2D eigenvalue weighted by molar-refractivity contribution is -0.769. The quantitative estimate of drug-likeness (QED) is 0.268. The van der Waals surface area contributed by atoms with Gasteiger partial charge in [0, 0.05) is 35.4 Å². The van der Waals surface area contributed by atoms with Crippen LogP contribution >= 0.6 is 11.6 Å². The summed E-state index contributed by atoms with van der Waals surface area (Å²) in [5.41, 5.74) is 2.89. The summed E-state index contributed by atoms with van der Waals surface area (Å²) in [5, 5.41) is 10.3. The molecule has 6 rings (SSSR count). The van der Waals surface area contributed by atoms with Crippen molar-refractivity contribution in [3.63, 3.8) is 0 Å². The topological polar surface area (TPSA) is 158 Å². The number of aryl methyl sites for hydroxylation is 1. The SMILES string of the molecule is Cc1ncc2c(c1OC(=O)O[C@@H]1COC3C(OC(=O)N4CCC(O[N+](=O)[O-])CC4)CO[C@@H]31)COC2c1ccc(Cl)cc1. The minimum absolute atomic E-state index is 0.0357. The highest BCUT2D eigenvalue weighted by molar-refractivity contribution is 6.30. The molecule has 2 aromatic rings. The molecule has 5 atom stereocenters. The Balaban J connectivity index is 1.03. The molecule has 0 bridgehead atoms. The lowest BCUT2D eigenvalue weighted by Gasteiger charge is -2.31. The Bertz CT molecular complexity index is 1350. The number of pyridine rings is 1. The van der Waals surface area contributed by atoms with Crippen LogP contribution in [0.15, 0.2) is 30.5 Å². The first kappa shape index (κ1) is 28.4. The van der Waals surface area contributed by atoms with Crippen molar-refractivity contribution in [1.82, 2.24) is 9.88 Å². The lowest BCUT2D eigenvalue weighted by atomic mass is 10.0. The van der Waals surface area contributed by atoms with Crippen molar-refractivity contribution in [2.24, 2.45) is 0 Å². The van der Waals surface area contributed by atoms with Gasteiger partial charge in [-0.1, -0.05) is 23.7 Å². The van der Waals surface area contributed by atoms with Crippen LogP contribution in [0.4, 0.5) is 9.59 Å². The second-order valence-corrected chi connectivity index (χ2v) is 10.8. The highest BCUT2D eigenvalue weighted by Gasteiger charge is 2.52. The van der Waals surface area contributed by atoms with Gasteiger partial charge in [0.15, 0.2) is 18.0 Å². The fourth-order valence-corrected chi connectivity index (χ4v) is 5.79. The number of aromatic nitrogens is 1. The van der Waals surface area contributed by atoms with Crippen LogP contribution < -0.4 is 4.74 Å². The van der Waals surface area contributed by atoms with E-state index in [-0.39, 0.29) is 44.8 Å². The average Bonchev–Trinajstić information content (AvgIpc) is 3.68. The molecule has 42 heavy (non-hydrogen) atoms. The molecule has 224 valence electrons. The Morgan fingerprint density at radius 3 is 2.38 bits per heavy atom. The van der Waals surface area contributed by atoms with Gasteiger partial charge in [-0.15, -0.1) is 10.1 Å². The van der Waals surface area contributed by atoms with Crippen LogP contribution in [0.5, 0.6) is 5.75 Å². The van der Waals surface area contributed by atoms with E-state index >= 15 is 0 Å². The molecule has 4 aliphatic heterocycles. The molecule has 3 fully saturated rings. The Morgan fingerprint density at radius 2 is 1.71 bits per heavy atom. The van der Waals surface area contributed by atoms with Crippen LogP contribution in [0.1, 0.15) is 41.3 Å². The van der Waals surface area contributed by atoms with E-state index < -0.39 is 47.9 Å². The maximum Gasteiger partial charge on any atom is 0.514 e. The van der Waals surface area contributed by atoms with Gasteiger partial charge in [-0.25, -0.2) is 9.59 Å². The third-order valence-corrected chi connectivity index (χ3v) is 8.03. The van der Waals surface area contributed by atoms with E-state index in [1.807, 2.05) is 12.1 Å². The smallest absolute Gasteiger partial charge is 0.441 e. The third kappa shape index (κ3) is 5.79. The predicted octanol–water partition coefficient (Wildman–Crippen LogP) is 3.52. The molecule has 1 amide bonds. The number of carbonyl (C=O) groups is 2. The van der Waals surface area contributed by atoms with E-state index in [9.17, 15) is 19.7 Å². The number of halogens is 1. The van der Waals surface area contributed by atoms with E-state index in [1.54, 1.807) is 25.3 Å². The van der Waals surface area contributed by atoms with E-state index in [0.29, 0.717) is 29.1 Å². The summed E-state index contributed by atoms with van der Waals surface area (Å²) >= 11 is 6.02. The number of hydrogen-bond acceptors (Lipinski definition) is 12. The molecule has 1 aromatic carbocycles. The van der Waals surface area contributed by atoms with Crippen molar-refractivity contribution in [2.75, 3.05) is 26.3 Å². The largest absolute Gasteiger partial charge is 0.514 e. The number of benzene rings is 1. The maximum absolute atomic E-state index is 12.9. The van der Waals surface area contributed by atoms with Gasteiger partial charge in [-0.05, 0) is 37.5 Å². The molecule has 1 aromatic heterocycles. The van der Waals surface area contributed by atoms with Crippen molar-refractivity contribution in [3.8, 4) is 5.75 Å². The van der Waals surface area contributed by atoms with E-state index in [4.69, 9.17) is 40.0 Å². The molecule has 0 N–H and O–H groups in total. The Labute approximate surface area is 244 Å². The van der Waals surface area contributed by atoms with Crippen LogP contribution in [-0.2, 0) is 35.1 Å². The third-order valence-electron chi connectivity index (χ3n) is 7.78. The monoisotopic (exact) mass is 605 g/mol. The number of likely N-dealkylation sites (tertiary alicyclic amines) is 1. The first-order valence-electron chi connectivity index (χ1n) is 13.5. The Morgan fingerprint density at radius 1 is 1.05 bits per heavy atom. The van der Waals surface area contributed by atoms with Gasteiger partial charge in [0.05, 0.1) is 25.5 Å². The number of hydrogen-bond donors (Lipinski definition) is 0. The molecule has 0 radical (unpaired) electrons. The summed E-state index contributed by atoms with van der Waals surface area (Å²) in [5.74, 6) is 0.274.